The lowest BCUT2D eigenvalue weighted by molar-refractivity contribution is 0.0150. The molecule has 0 spiro atoms. The van der Waals surface area contributed by atoms with Gasteiger partial charge in [0.25, 0.3) is 0 Å². The van der Waals surface area contributed by atoms with Crippen molar-refractivity contribution in [3.63, 3.8) is 0 Å². The van der Waals surface area contributed by atoms with Gasteiger partial charge < -0.3 is 9.64 Å². The number of ether oxygens (including phenoxy) is 1. The van der Waals surface area contributed by atoms with Crippen molar-refractivity contribution in [3.05, 3.63) is 36.0 Å². The molecule has 1 fully saturated rings. The van der Waals surface area contributed by atoms with E-state index < -0.39 is 10.0 Å². The summed E-state index contributed by atoms with van der Waals surface area (Å²) < 4.78 is 32.5. The Hall–Kier alpha value is -1.44. The number of pyridine rings is 1. The highest BCUT2D eigenvalue weighted by Crippen LogP contribution is 2.25. The van der Waals surface area contributed by atoms with Crippen LogP contribution < -0.4 is 9.62 Å². The van der Waals surface area contributed by atoms with Gasteiger partial charge in [-0.15, -0.1) is 0 Å². The first-order valence-electron chi connectivity index (χ1n) is 9.31. The van der Waals surface area contributed by atoms with Crippen molar-refractivity contribution in [2.45, 2.75) is 44.8 Å². The Morgan fingerprint density at radius 2 is 2.19 bits per heavy atom. The highest BCUT2D eigenvalue weighted by molar-refractivity contribution is 7.88. The lowest BCUT2D eigenvalue weighted by atomic mass is 9.93. The number of aromatic nitrogens is 1. The van der Waals surface area contributed by atoms with Crippen molar-refractivity contribution in [3.8, 4) is 0 Å². The molecule has 144 valence electrons. The Bertz CT molecular complexity index is 721. The molecule has 0 aromatic carbocycles. The van der Waals surface area contributed by atoms with Crippen LogP contribution in [0.25, 0.3) is 0 Å². The molecule has 0 saturated carbocycles. The molecule has 0 amide bonds. The third kappa shape index (κ3) is 5.53. The standard InChI is InChI=1S/C19H29N3O3S/c1-15-6-8-17(9-7-15)25-14-16-13-22(19-5-3-4-11-20-19)12-10-18(16)21-26(2,23)24/h3-6,11,16-18,21H,7-10,12-14H2,1-2H3/t16-,17?,18-/m0/s1. The topological polar surface area (TPSA) is 71.5 Å². The molecular formula is C19H29N3O3S. The molecule has 1 aromatic heterocycles. The van der Waals surface area contributed by atoms with E-state index in [9.17, 15) is 8.42 Å². The van der Waals surface area contributed by atoms with E-state index in [0.717, 1.165) is 44.6 Å². The van der Waals surface area contributed by atoms with E-state index in [1.807, 2.05) is 18.2 Å². The second kappa shape index (κ2) is 8.50. The molecule has 1 aromatic rings. The largest absolute Gasteiger partial charge is 0.377 e. The maximum absolute atomic E-state index is 11.8. The van der Waals surface area contributed by atoms with Crippen LogP contribution in [0.5, 0.6) is 0 Å². The molecule has 2 aliphatic rings. The van der Waals surface area contributed by atoms with Crippen molar-refractivity contribution in [2.75, 3.05) is 30.9 Å². The lowest BCUT2D eigenvalue weighted by Gasteiger charge is -2.39. The molecule has 1 aliphatic carbocycles. The van der Waals surface area contributed by atoms with Crippen LogP contribution in [0.1, 0.15) is 32.6 Å². The van der Waals surface area contributed by atoms with Crippen molar-refractivity contribution in [1.82, 2.24) is 9.71 Å². The van der Waals surface area contributed by atoms with Gasteiger partial charge in [-0.2, -0.15) is 0 Å². The summed E-state index contributed by atoms with van der Waals surface area (Å²) in [5.74, 6) is 1.04. The van der Waals surface area contributed by atoms with Crippen LogP contribution >= 0.6 is 0 Å². The normalized spacial score (nSPS) is 27.2. The van der Waals surface area contributed by atoms with Crippen LogP contribution in [0, 0.1) is 5.92 Å². The van der Waals surface area contributed by atoms with Gasteiger partial charge in [0.15, 0.2) is 0 Å². The van der Waals surface area contributed by atoms with Crippen LogP contribution in [-0.2, 0) is 14.8 Å². The zero-order chi connectivity index (χ0) is 18.6. The van der Waals surface area contributed by atoms with E-state index >= 15 is 0 Å². The number of hydrogen-bond donors (Lipinski definition) is 1. The Labute approximate surface area is 156 Å². The third-order valence-electron chi connectivity index (χ3n) is 5.21. The van der Waals surface area contributed by atoms with Gasteiger partial charge >= 0.3 is 0 Å². The molecule has 2 heterocycles. The zero-order valence-corrected chi connectivity index (χ0v) is 16.4. The number of hydrogen-bond acceptors (Lipinski definition) is 5. The number of allylic oxidation sites excluding steroid dienone is 1. The second-order valence-electron chi connectivity index (χ2n) is 7.46. The smallest absolute Gasteiger partial charge is 0.208 e. The summed E-state index contributed by atoms with van der Waals surface area (Å²) in [5, 5.41) is 0. The van der Waals surface area contributed by atoms with Crippen molar-refractivity contribution < 1.29 is 13.2 Å². The number of nitrogens with one attached hydrogen (secondary N) is 1. The minimum atomic E-state index is -3.24. The van der Waals surface area contributed by atoms with Gasteiger partial charge in [-0.25, -0.2) is 18.1 Å². The summed E-state index contributed by atoms with van der Waals surface area (Å²) in [4.78, 5) is 6.66. The van der Waals surface area contributed by atoms with Gasteiger partial charge in [-0.1, -0.05) is 17.7 Å². The first-order valence-corrected chi connectivity index (χ1v) is 11.2. The molecule has 0 radical (unpaired) electrons. The number of rotatable bonds is 6. The van der Waals surface area contributed by atoms with E-state index in [1.54, 1.807) is 6.20 Å². The Kier molecular flexibility index (Phi) is 6.32. The zero-order valence-electron chi connectivity index (χ0n) is 15.6. The maximum atomic E-state index is 11.8. The average Bonchev–Trinajstić information content (AvgIpc) is 2.62. The predicted octanol–water partition coefficient (Wildman–Crippen LogP) is 2.34. The average molecular weight is 380 g/mol. The lowest BCUT2D eigenvalue weighted by Crippen LogP contribution is -2.52. The van der Waals surface area contributed by atoms with Gasteiger partial charge in [0.2, 0.25) is 10.0 Å². The molecule has 1 N–H and O–H groups in total. The number of anilines is 1. The van der Waals surface area contributed by atoms with Crippen molar-refractivity contribution in [2.24, 2.45) is 5.92 Å². The summed E-state index contributed by atoms with van der Waals surface area (Å²) in [6.07, 6.45) is 9.34. The number of piperidine rings is 1. The summed E-state index contributed by atoms with van der Waals surface area (Å²) in [7, 11) is -3.24. The molecule has 1 aliphatic heterocycles. The molecule has 3 rings (SSSR count). The number of sulfonamides is 1. The molecule has 1 saturated heterocycles. The fourth-order valence-electron chi connectivity index (χ4n) is 3.73. The predicted molar refractivity (Wildman–Crippen MR) is 104 cm³/mol. The van der Waals surface area contributed by atoms with Crippen LogP contribution in [-0.4, -0.2) is 51.5 Å². The molecule has 3 atom stereocenters. The highest BCUT2D eigenvalue weighted by atomic mass is 32.2. The van der Waals surface area contributed by atoms with Crippen LogP contribution in [0.4, 0.5) is 5.82 Å². The second-order valence-corrected chi connectivity index (χ2v) is 9.24. The fraction of sp³-hybridized carbons (Fsp3) is 0.632. The highest BCUT2D eigenvalue weighted by Gasteiger charge is 2.32. The van der Waals surface area contributed by atoms with Crippen LogP contribution in [0.15, 0.2) is 36.0 Å². The van der Waals surface area contributed by atoms with Gasteiger partial charge in [0, 0.05) is 31.2 Å². The van der Waals surface area contributed by atoms with E-state index in [0.29, 0.717) is 6.61 Å². The van der Waals surface area contributed by atoms with Crippen molar-refractivity contribution >= 4 is 15.8 Å². The maximum Gasteiger partial charge on any atom is 0.208 e. The van der Waals surface area contributed by atoms with E-state index in [4.69, 9.17) is 4.74 Å². The Morgan fingerprint density at radius 1 is 1.35 bits per heavy atom. The van der Waals surface area contributed by atoms with Gasteiger partial charge in [-0.3, -0.25) is 0 Å². The summed E-state index contributed by atoms with van der Waals surface area (Å²) in [6, 6.07) is 5.79. The van der Waals surface area contributed by atoms with E-state index in [1.165, 1.54) is 11.8 Å². The summed E-state index contributed by atoms with van der Waals surface area (Å²) >= 11 is 0. The molecule has 26 heavy (non-hydrogen) atoms. The summed E-state index contributed by atoms with van der Waals surface area (Å²) in [6.45, 7) is 4.25. The summed E-state index contributed by atoms with van der Waals surface area (Å²) in [5.41, 5.74) is 1.43. The molecular weight excluding hydrogens is 350 g/mol. The van der Waals surface area contributed by atoms with Gasteiger partial charge in [0.1, 0.15) is 5.82 Å². The van der Waals surface area contributed by atoms with Gasteiger partial charge in [-0.05, 0) is 44.7 Å². The van der Waals surface area contributed by atoms with E-state index in [-0.39, 0.29) is 18.1 Å². The molecule has 6 nitrogen and oxygen atoms in total. The van der Waals surface area contributed by atoms with Gasteiger partial charge in [0.05, 0.1) is 19.0 Å². The minimum absolute atomic E-state index is 0.0918. The molecule has 7 heteroatoms. The first-order chi connectivity index (χ1) is 12.4. The molecule has 1 unspecified atom stereocenters. The number of nitrogens with zero attached hydrogens (tertiary/aromatic N) is 2. The minimum Gasteiger partial charge on any atom is -0.377 e. The van der Waals surface area contributed by atoms with Crippen LogP contribution in [0.3, 0.4) is 0 Å². The quantitative estimate of drug-likeness (QED) is 0.768. The van der Waals surface area contributed by atoms with Crippen molar-refractivity contribution in [1.29, 1.82) is 0 Å². The molecule has 0 bridgehead atoms. The Balaban J connectivity index is 1.65. The Morgan fingerprint density at radius 3 is 2.85 bits per heavy atom. The third-order valence-corrected chi connectivity index (χ3v) is 5.94. The van der Waals surface area contributed by atoms with E-state index in [2.05, 4.69) is 27.6 Å². The van der Waals surface area contributed by atoms with Crippen LogP contribution in [0.2, 0.25) is 0 Å². The monoisotopic (exact) mass is 379 g/mol. The first kappa shape index (κ1) is 19.3. The SMILES string of the molecule is CC1=CCC(OC[C@@H]2CN(c3ccccn3)CC[C@@H]2NS(C)(=O)=O)CC1. The fourth-order valence-corrected chi connectivity index (χ4v) is 4.59.